The Morgan fingerprint density at radius 2 is 1.92 bits per heavy atom. The van der Waals surface area contributed by atoms with E-state index in [0.29, 0.717) is 13.2 Å². The number of halogens is 1. The van der Waals surface area contributed by atoms with Gasteiger partial charge < -0.3 is 14.0 Å². The molecule has 2 unspecified atom stereocenters. The molecule has 2 heterocycles. The maximum atomic E-state index is 6.49. The molecular formula is C20H19BrN2O2. The fourth-order valence-electron chi connectivity index (χ4n) is 3.10. The average molecular weight is 399 g/mol. The summed E-state index contributed by atoms with van der Waals surface area (Å²) in [7, 11) is 0. The van der Waals surface area contributed by atoms with Gasteiger partial charge in [0.1, 0.15) is 6.10 Å². The van der Waals surface area contributed by atoms with Crippen LogP contribution in [0.5, 0.6) is 0 Å². The fourth-order valence-corrected chi connectivity index (χ4v) is 3.37. The van der Waals surface area contributed by atoms with Crippen molar-refractivity contribution < 1.29 is 9.47 Å². The van der Waals surface area contributed by atoms with Crippen molar-refractivity contribution >= 4 is 15.9 Å². The first kappa shape index (κ1) is 16.5. The Balaban J connectivity index is 1.67. The second-order valence-electron chi connectivity index (χ2n) is 6.32. The van der Waals surface area contributed by atoms with Crippen molar-refractivity contribution in [3.8, 4) is 0 Å². The van der Waals surface area contributed by atoms with Crippen LogP contribution in [0.15, 0.2) is 71.7 Å². The molecular weight excluding hydrogens is 380 g/mol. The molecule has 0 amide bonds. The number of benzene rings is 2. The van der Waals surface area contributed by atoms with Gasteiger partial charge in [0.05, 0.1) is 19.5 Å². The molecule has 0 bridgehead atoms. The van der Waals surface area contributed by atoms with Gasteiger partial charge in [-0.1, -0.05) is 57.9 Å². The molecule has 0 N–H and O–H groups in total. The Bertz CT molecular complexity index is 831. The summed E-state index contributed by atoms with van der Waals surface area (Å²) in [6.45, 7) is 3.16. The van der Waals surface area contributed by atoms with E-state index < -0.39 is 5.79 Å². The van der Waals surface area contributed by atoms with E-state index >= 15 is 0 Å². The molecule has 0 saturated carbocycles. The first-order chi connectivity index (χ1) is 12.1. The number of ether oxygens (including phenoxy) is 2. The SMILES string of the molecule is Cc1ccc(C2COC(Cn3ccnc3)(c3ccc(Br)cc3)O2)cc1. The Labute approximate surface area is 155 Å². The van der Waals surface area contributed by atoms with Crippen LogP contribution in [0.2, 0.25) is 0 Å². The highest BCUT2D eigenvalue weighted by Gasteiger charge is 2.44. The minimum absolute atomic E-state index is 0.0900. The van der Waals surface area contributed by atoms with Gasteiger partial charge in [-0.2, -0.15) is 0 Å². The van der Waals surface area contributed by atoms with Crippen LogP contribution in [0.1, 0.15) is 22.8 Å². The van der Waals surface area contributed by atoms with Crippen molar-refractivity contribution in [1.82, 2.24) is 9.55 Å². The molecule has 128 valence electrons. The van der Waals surface area contributed by atoms with Gasteiger partial charge in [-0.15, -0.1) is 0 Å². The van der Waals surface area contributed by atoms with E-state index in [1.807, 2.05) is 35.0 Å². The van der Waals surface area contributed by atoms with Crippen molar-refractivity contribution in [2.24, 2.45) is 0 Å². The monoisotopic (exact) mass is 398 g/mol. The molecule has 5 heteroatoms. The summed E-state index contributed by atoms with van der Waals surface area (Å²) < 4.78 is 15.8. The van der Waals surface area contributed by atoms with E-state index in [9.17, 15) is 0 Å². The lowest BCUT2D eigenvalue weighted by molar-refractivity contribution is -0.187. The summed E-state index contributed by atoms with van der Waals surface area (Å²) in [4.78, 5) is 4.13. The lowest BCUT2D eigenvalue weighted by Crippen LogP contribution is -2.32. The third kappa shape index (κ3) is 3.40. The number of hydrogen-bond donors (Lipinski definition) is 0. The average Bonchev–Trinajstić information content (AvgIpc) is 3.27. The van der Waals surface area contributed by atoms with Crippen molar-refractivity contribution in [2.45, 2.75) is 25.4 Å². The van der Waals surface area contributed by atoms with Crippen LogP contribution >= 0.6 is 15.9 Å². The van der Waals surface area contributed by atoms with Crippen molar-refractivity contribution in [3.05, 3.63) is 88.4 Å². The second-order valence-corrected chi connectivity index (χ2v) is 7.24. The van der Waals surface area contributed by atoms with E-state index in [1.54, 1.807) is 12.5 Å². The third-order valence-corrected chi connectivity index (χ3v) is 5.01. The van der Waals surface area contributed by atoms with E-state index in [4.69, 9.17) is 9.47 Å². The number of hydrogen-bond acceptors (Lipinski definition) is 3. The quantitative estimate of drug-likeness (QED) is 0.644. The molecule has 3 aromatic rings. The zero-order valence-electron chi connectivity index (χ0n) is 13.9. The Kier molecular flexibility index (Phi) is 4.46. The fraction of sp³-hybridized carbons (Fsp3) is 0.250. The summed E-state index contributed by atoms with van der Waals surface area (Å²) >= 11 is 3.49. The molecule has 0 aliphatic carbocycles. The smallest absolute Gasteiger partial charge is 0.214 e. The largest absolute Gasteiger partial charge is 0.341 e. The van der Waals surface area contributed by atoms with Crippen molar-refractivity contribution in [3.63, 3.8) is 0 Å². The second kappa shape index (κ2) is 6.75. The Hall–Kier alpha value is -1.95. The van der Waals surface area contributed by atoms with E-state index in [-0.39, 0.29) is 6.10 Å². The van der Waals surface area contributed by atoms with Crippen LogP contribution in [0, 0.1) is 6.92 Å². The number of aryl methyl sites for hydroxylation is 1. The molecule has 1 saturated heterocycles. The molecule has 25 heavy (non-hydrogen) atoms. The van der Waals surface area contributed by atoms with Gasteiger partial charge in [-0.05, 0) is 24.6 Å². The van der Waals surface area contributed by atoms with Crippen molar-refractivity contribution in [2.75, 3.05) is 6.61 Å². The van der Waals surface area contributed by atoms with Gasteiger partial charge in [-0.25, -0.2) is 4.98 Å². The Morgan fingerprint density at radius 1 is 1.16 bits per heavy atom. The highest BCUT2D eigenvalue weighted by Crippen LogP contribution is 2.42. The molecule has 4 nitrogen and oxygen atoms in total. The summed E-state index contributed by atoms with van der Waals surface area (Å²) in [5.41, 5.74) is 3.37. The maximum absolute atomic E-state index is 6.49. The number of aromatic nitrogens is 2. The number of nitrogens with zero attached hydrogens (tertiary/aromatic N) is 2. The maximum Gasteiger partial charge on any atom is 0.214 e. The molecule has 2 atom stereocenters. The van der Waals surface area contributed by atoms with Crippen LogP contribution in [-0.4, -0.2) is 16.2 Å². The van der Waals surface area contributed by atoms with Gasteiger partial charge >= 0.3 is 0 Å². The first-order valence-corrected chi connectivity index (χ1v) is 9.04. The highest BCUT2D eigenvalue weighted by atomic mass is 79.9. The van der Waals surface area contributed by atoms with E-state index in [2.05, 4.69) is 52.1 Å². The third-order valence-electron chi connectivity index (χ3n) is 4.48. The molecule has 4 rings (SSSR count). The summed E-state index contributed by atoms with van der Waals surface area (Å²) in [6.07, 6.45) is 5.38. The van der Waals surface area contributed by atoms with Gasteiger partial charge in [0.15, 0.2) is 0 Å². The lowest BCUT2D eigenvalue weighted by atomic mass is 10.1. The molecule has 2 aromatic carbocycles. The van der Waals surface area contributed by atoms with Gasteiger partial charge in [0.25, 0.3) is 0 Å². The van der Waals surface area contributed by atoms with Gasteiger partial charge in [0, 0.05) is 22.4 Å². The van der Waals surface area contributed by atoms with Gasteiger partial charge in [0.2, 0.25) is 5.79 Å². The summed E-state index contributed by atoms with van der Waals surface area (Å²) in [5, 5.41) is 0. The topological polar surface area (TPSA) is 36.3 Å². The van der Waals surface area contributed by atoms with E-state index in [1.165, 1.54) is 5.56 Å². The summed E-state index contributed by atoms with van der Waals surface area (Å²) in [5.74, 6) is -0.822. The Morgan fingerprint density at radius 3 is 2.60 bits per heavy atom. The van der Waals surface area contributed by atoms with Gasteiger partial charge in [-0.3, -0.25) is 0 Å². The van der Waals surface area contributed by atoms with Crippen molar-refractivity contribution in [1.29, 1.82) is 0 Å². The summed E-state index contributed by atoms with van der Waals surface area (Å²) in [6, 6.07) is 16.5. The minimum atomic E-state index is -0.822. The molecule has 0 radical (unpaired) electrons. The predicted molar refractivity (Wildman–Crippen MR) is 99.0 cm³/mol. The number of imidazole rings is 1. The molecule has 1 aromatic heterocycles. The molecule has 1 aliphatic rings. The van der Waals surface area contributed by atoms with E-state index in [0.717, 1.165) is 15.6 Å². The zero-order chi connectivity index (χ0) is 17.3. The minimum Gasteiger partial charge on any atom is -0.341 e. The molecule has 0 spiro atoms. The van der Waals surface area contributed by atoms with Crippen LogP contribution in [0.25, 0.3) is 0 Å². The van der Waals surface area contributed by atoms with Crippen LogP contribution < -0.4 is 0 Å². The van der Waals surface area contributed by atoms with Crippen LogP contribution in [0.4, 0.5) is 0 Å². The van der Waals surface area contributed by atoms with Crippen LogP contribution in [0.3, 0.4) is 0 Å². The lowest BCUT2D eigenvalue weighted by Gasteiger charge is -2.29. The highest BCUT2D eigenvalue weighted by molar-refractivity contribution is 9.10. The molecule has 1 aliphatic heterocycles. The zero-order valence-corrected chi connectivity index (χ0v) is 15.5. The first-order valence-electron chi connectivity index (χ1n) is 8.25. The molecule has 1 fully saturated rings. The number of rotatable bonds is 4. The predicted octanol–water partition coefficient (Wildman–Crippen LogP) is 4.60. The van der Waals surface area contributed by atoms with Crippen LogP contribution in [-0.2, 0) is 21.8 Å². The normalized spacial score (nSPS) is 23.0. The standard InChI is InChI=1S/C20H19BrN2O2/c1-15-2-4-16(5-3-15)19-12-24-20(25-19,13-23-11-10-22-14-23)17-6-8-18(21)9-7-17/h2-11,14,19H,12-13H2,1H3.